The first-order valence-electron chi connectivity index (χ1n) is 10.8. The van der Waals surface area contributed by atoms with E-state index >= 15 is 0 Å². The molecule has 35 heavy (non-hydrogen) atoms. The van der Waals surface area contributed by atoms with E-state index in [1.54, 1.807) is 12.3 Å². The van der Waals surface area contributed by atoms with E-state index in [4.69, 9.17) is 4.42 Å². The third kappa shape index (κ3) is 5.04. The summed E-state index contributed by atoms with van der Waals surface area (Å²) in [5, 5.41) is 5.56. The number of pyridine rings is 1. The molecule has 1 saturated heterocycles. The van der Waals surface area contributed by atoms with Crippen LogP contribution in [0.5, 0.6) is 0 Å². The number of nitrogens with zero attached hydrogens (tertiary/aromatic N) is 5. The fourth-order valence-corrected chi connectivity index (χ4v) is 3.72. The van der Waals surface area contributed by atoms with Crippen molar-refractivity contribution >= 4 is 40.1 Å². The molecule has 4 heterocycles. The van der Waals surface area contributed by atoms with Crippen LogP contribution in [0.4, 0.5) is 42.1 Å². The van der Waals surface area contributed by atoms with Gasteiger partial charge in [-0.1, -0.05) is 0 Å². The molecule has 1 aliphatic rings. The van der Waals surface area contributed by atoms with Crippen molar-refractivity contribution in [3.05, 3.63) is 58.8 Å². The maximum Gasteiger partial charge on any atom is 0.421 e. The molecular weight excluding hydrogens is 465 g/mol. The Balaban J connectivity index is 1.37. The third-order valence-electron chi connectivity index (χ3n) is 5.61. The van der Waals surface area contributed by atoms with Gasteiger partial charge in [-0.25, -0.2) is 14.8 Å². The van der Waals surface area contributed by atoms with Gasteiger partial charge in [0.1, 0.15) is 17.2 Å². The number of likely N-dealkylation sites (N-methyl/N-ethyl adjacent to an activating group) is 1. The molecule has 0 amide bonds. The van der Waals surface area contributed by atoms with Crippen molar-refractivity contribution in [2.45, 2.75) is 6.18 Å². The van der Waals surface area contributed by atoms with Crippen LogP contribution in [0.2, 0.25) is 0 Å². The molecule has 13 heteroatoms. The smallest absolute Gasteiger partial charge is 0.408 e. The zero-order chi connectivity index (χ0) is 24.6. The Morgan fingerprint density at radius 1 is 1.00 bits per heavy atom. The minimum Gasteiger partial charge on any atom is -0.408 e. The fraction of sp³-hybridized carbons (Fsp3) is 0.273. The SMILES string of the molecule is CN1CCN(c2ccc(Nc3ncc(C(F)(F)F)c(Nc4ccc5oc(=O)[nH]c5c4)n3)cn2)CC1. The number of fused-ring (bicyclic) bond motifs is 1. The van der Waals surface area contributed by atoms with Gasteiger partial charge in [0.2, 0.25) is 5.95 Å². The number of hydrogen-bond acceptors (Lipinski definition) is 9. The Morgan fingerprint density at radius 3 is 2.49 bits per heavy atom. The average molecular weight is 486 g/mol. The Labute approximate surface area is 196 Å². The first kappa shape index (κ1) is 22.7. The standard InChI is InChI=1S/C22H21F3N8O2/c1-32-6-8-33(9-7-32)18-5-3-14(11-26-18)29-20-27-12-15(22(23,24)25)19(31-20)28-13-2-4-17-16(10-13)30-21(34)35-17/h2-5,10-12H,6-9H2,1H3,(H,30,34)(H2,27,28,29,31). The molecule has 0 atom stereocenters. The summed E-state index contributed by atoms with van der Waals surface area (Å²) in [6.45, 7) is 3.62. The number of nitrogens with one attached hydrogen (secondary N) is 3. The van der Waals surface area contributed by atoms with Crippen LogP contribution < -0.4 is 21.3 Å². The van der Waals surface area contributed by atoms with Gasteiger partial charge in [-0.15, -0.1) is 0 Å². The number of oxazole rings is 1. The zero-order valence-electron chi connectivity index (χ0n) is 18.6. The number of halogens is 3. The number of rotatable bonds is 5. The van der Waals surface area contributed by atoms with Gasteiger partial charge in [-0.05, 0) is 37.4 Å². The molecule has 0 bridgehead atoms. The van der Waals surface area contributed by atoms with Gasteiger partial charge in [0.25, 0.3) is 0 Å². The molecular formula is C22H21F3N8O2. The van der Waals surface area contributed by atoms with Crippen molar-refractivity contribution in [1.29, 1.82) is 0 Å². The van der Waals surface area contributed by atoms with Crippen LogP contribution in [0.3, 0.4) is 0 Å². The molecule has 0 aliphatic carbocycles. The molecule has 182 valence electrons. The van der Waals surface area contributed by atoms with Crippen LogP contribution in [0, 0.1) is 0 Å². The van der Waals surface area contributed by atoms with Crippen LogP contribution >= 0.6 is 0 Å². The minimum absolute atomic E-state index is 0.0348. The van der Waals surface area contributed by atoms with Crippen LogP contribution in [0.25, 0.3) is 11.1 Å². The number of piperazine rings is 1. The van der Waals surface area contributed by atoms with Gasteiger partial charge in [0, 0.05) is 38.1 Å². The number of hydrogen-bond donors (Lipinski definition) is 3. The van der Waals surface area contributed by atoms with E-state index in [-0.39, 0.29) is 17.2 Å². The lowest BCUT2D eigenvalue weighted by molar-refractivity contribution is -0.137. The maximum absolute atomic E-state index is 13.6. The topological polar surface area (TPSA) is 115 Å². The molecule has 0 saturated carbocycles. The fourth-order valence-electron chi connectivity index (χ4n) is 3.72. The lowest BCUT2D eigenvalue weighted by Crippen LogP contribution is -2.44. The predicted octanol–water partition coefficient (Wildman–Crippen LogP) is 3.56. The summed E-state index contributed by atoms with van der Waals surface area (Å²) in [4.78, 5) is 30.6. The molecule has 0 unspecified atom stereocenters. The van der Waals surface area contributed by atoms with Gasteiger partial charge in [-0.3, -0.25) is 4.98 Å². The molecule has 1 aromatic carbocycles. The third-order valence-corrected chi connectivity index (χ3v) is 5.61. The summed E-state index contributed by atoms with van der Waals surface area (Å²) in [5.41, 5.74) is 0.405. The largest absolute Gasteiger partial charge is 0.421 e. The highest BCUT2D eigenvalue weighted by Crippen LogP contribution is 2.35. The van der Waals surface area contributed by atoms with Crippen molar-refractivity contribution in [3.63, 3.8) is 0 Å². The molecule has 3 N–H and O–H groups in total. The highest BCUT2D eigenvalue weighted by molar-refractivity contribution is 5.78. The number of aromatic amines is 1. The van der Waals surface area contributed by atoms with Crippen LogP contribution in [-0.4, -0.2) is 58.1 Å². The molecule has 4 aromatic rings. The zero-order valence-corrected chi connectivity index (χ0v) is 18.6. The van der Waals surface area contributed by atoms with E-state index in [1.807, 2.05) is 6.07 Å². The maximum atomic E-state index is 13.6. The highest BCUT2D eigenvalue weighted by atomic mass is 19.4. The Morgan fingerprint density at radius 2 is 1.77 bits per heavy atom. The average Bonchev–Trinajstić information content (AvgIpc) is 3.19. The minimum atomic E-state index is -4.68. The quantitative estimate of drug-likeness (QED) is 0.389. The second-order valence-corrected chi connectivity index (χ2v) is 8.12. The molecule has 3 aromatic heterocycles. The van der Waals surface area contributed by atoms with Gasteiger partial charge in [-0.2, -0.15) is 18.2 Å². The van der Waals surface area contributed by atoms with Crippen molar-refractivity contribution in [2.75, 3.05) is 48.8 Å². The molecule has 0 spiro atoms. The molecule has 5 rings (SSSR count). The number of aromatic nitrogens is 4. The number of H-pyrrole nitrogens is 1. The monoisotopic (exact) mass is 486 g/mol. The van der Waals surface area contributed by atoms with E-state index in [0.29, 0.717) is 17.4 Å². The second-order valence-electron chi connectivity index (χ2n) is 8.12. The van der Waals surface area contributed by atoms with E-state index in [9.17, 15) is 18.0 Å². The molecule has 1 aliphatic heterocycles. The van der Waals surface area contributed by atoms with Crippen LogP contribution in [-0.2, 0) is 6.18 Å². The second kappa shape index (κ2) is 8.91. The number of alkyl halides is 3. The molecule has 0 radical (unpaired) electrons. The van der Waals surface area contributed by atoms with Crippen LogP contribution in [0.15, 0.2) is 51.9 Å². The Bertz CT molecular complexity index is 1390. The van der Waals surface area contributed by atoms with E-state index < -0.39 is 23.3 Å². The van der Waals surface area contributed by atoms with Crippen molar-refractivity contribution in [3.8, 4) is 0 Å². The first-order valence-corrected chi connectivity index (χ1v) is 10.8. The highest BCUT2D eigenvalue weighted by Gasteiger charge is 2.35. The molecule has 10 nitrogen and oxygen atoms in total. The van der Waals surface area contributed by atoms with Crippen LogP contribution in [0.1, 0.15) is 5.56 Å². The summed E-state index contributed by atoms with van der Waals surface area (Å²) >= 11 is 0. The van der Waals surface area contributed by atoms with E-state index in [1.165, 1.54) is 18.2 Å². The lowest BCUT2D eigenvalue weighted by atomic mass is 10.2. The van der Waals surface area contributed by atoms with Crippen molar-refractivity contribution in [1.82, 2.24) is 24.8 Å². The van der Waals surface area contributed by atoms with Gasteiger partial charge >= 0.3 is 11.9 Å². The summed E-state index contributed by atoms with van der Waals surface area (Å²) in [6.07, 6.45) is -2.38. The summed E-state index contributed by atoms with van der Waals surface area (Å²) < 4.78 is 45.7. The lowest BCUT2D eigenvalue weighted by Gasteiger charge is -2.33. The summed E-state index contributed by atoms with van der Waals surface area (Å²) in [6, 6.07) is 8.03. The summed E-state index contributed by atoms with van der Waals surface area (Å²) in [5.74, 6) is -0.310. The van der Waals surface area contributed by atoms with E-state index in [0.717, 1.165) is 32.0 Å². The first-order chi connectivity index (χ1) is 16.7. The molecule has 1 fully saturated rings. The van der Waals surface area contributed by atoms with Crippen molar-refractivity contribution in [2.24, 2.45) is 0 Å². The van der Waals surface area contributed by atoms with E-state index in [2.05, 4.69) is 47.4 Å². The predicted molar refractivity (Wildman–Crippen MR) is 124 cm³/mol. The normalized spacial score (nSPS) is 14.9. The van der Waals surface area contributed by atoms with Gasteiger partial charge < -0.3 is 24.9 Å². The van der Waals surface area contributed by atoms with Gasteiger partial charge in [0.15, 0.2) is 5.58 Å². The van der Waals surface area contributed by atoms with Gasteiger partial charge in [0.05, 0.1) is 17.4 Å². The number of anilines is 5. The Kier molecular flexibility index (Phi) is 5.76. The number of benzene rings is 1. The summed E-state index contributed by atoms with van der Waals surface area (Å²) in [7, 11) is 2.07. The van der Waals surface area contributed by atoms with Crippen molar-refractivity contribution < 1.29 is 17.6 Å². The Hall–Kier alpha value is -4.13.